The fourth-order valence-electron chi connectivity index (χ4n) is 8.49. The van der Waals surface area contributed by atoms with Crippen molar-refractivity contribution in [3.8, 4) is 0 Å². The number of hydrogen-bond donors (Lipinski definition) is 3. The molecule has 210 valence electrons. The number of carbonyl (C=O) groups is 2. The van der Waals surface area contributed by atoms with E-state index in [1.54, 1.807) is 0 Å². The summed E-state index contributed by atoms with van der Waals surface area (Å²) in [5.41, 5.74) is -2.84. The Balaban J connectivity index is 0.000000153. The second-order valence-corrected chi connectivity index (χ2v) is 14.0. The molecule has 7 aliphatic rings. The van der Waals surface area contributed by atoms with Crippen molar-refractivity contribution in [3.05, 3.63) is 0 Å². The van der Waals surface area contributed by atoms with E-state index in [1.165, 1.54) is 0 Å². The van der Waals surface area contributed by atoms with Crippen molar-refractivity contribution in [2.75, 3.05) is 0 Å². The number of aliphatic hydroxyl groups is 3. The lowest BCUT2D eigenvalue weighted by Crippen LogP contribution is -2.67. The third-order valence-electron chi connectivity index (χ3n) is 10.5. The summed E-state index contributed by atoms with van der Waals surface area (Å²) in [7, 11) is 0. The largest absolute Gasteiger partial charge is 0.459 e. The molecule has 6 saturated carbocycles. The molecule has 9 atom stereocenters. The van der Waals surface area contributed by atoms with Gasteiger partial charge in [-0.2, -0.15) is 0 Å². The molecule has 6 bridgehead atoms. The van der Waals surface area contributed by atoms with Crippen LogP contribution in [0.25, 0.3) is 0 Å². The van der Waals surface area contributed by atoms with Crippen LogP contribution < -0.4 is 0 Å². The predicted molar refractivity (Wildman–Crippen MR) is 134 cm³/mol. The summed E-state index contributed by atoms with van der Waals surface area (Å²) in [6.45, 7) is 9.63. The maximum Gasteiger partial charge on any atom is 0.312 e. The van der Waals surface area contributed by atoms with Gasteiger partial charge in [0.05, 0.1) is 22.5 Å². The first-order valence-corrected chi connectivity index (χ1v) is 14.4. The minimum Gasteiger partial charge on any atom is -0.459 e. The molecular formula is C29H46O8. The maximum atomic E-state index is 12.4. The van der Waals surface area contributed by atoms with Crippen molar-refractivity contribution in [3.63, 3.8) is 0 Å². The van der Waals surface area contributed by atoms with E-state index in [9.17, 15) is 24.9 Å². The molecule has 1 aliphatic heterocycles. The molecule has 0 aromatic rings. The van der Waals surface area contributed by atoms with E-state index < -0.39 is 28.5 Å². The Morgan fingerprint density at radius 2 is 1.65 bits per heavy atom. The third-order valence-corrected chi connectivity index (χ3v) is 10.5. The zero-order valence-electron chi connectivity index (χ0n) is 23.1. The van der Waals surface area contributed by atoms with Crippen LogP contribution in [0.3, 0.4) is 0 Å². The van der Waals surface area contributed by atoms with E-state index in [0.717, 1.165) is 44.9 Å². The summed E-state index contributed by atoms with van der Waals surface area (Å²) in [5, 5.41) is 31.1. The lowest BCUT2D eigenvalue weighted by atomic mass is 9.50. The van der Waals surface area contributed by atoms with Crippen LogP contribution in [-0.2, 0) is 23.8 Å². The summed E-state index contributed by atoms with van der Waals surface area (Å²) in [6.07, 6.45) is 6.41. The predicted octanol–water partition coefficient (Wildman–Crippen LogP) is 3.48. The number of hydrogen-bond acceptors (Lipinski definition) is 8. The summed E-state index contributed by atoms with van der Waals surface area (Å²) >= 11 is 0. The Morgan fingerprint density at radius 3 is 2.22 bits per heavy atom. The molecule has 7 fully saturated rings. The highest BCUT2D eigenvalue weighted by atomic mass is 16.6. The fourth-order valence-corrected chi connectivity index (χ4v) is 8.49. The standard InChI is InChI=1S/C16H26O4.C13H20O4/c1-4-13(2,3)12(17)20-16-7-11-5-14(18,9-16)8-15(19,6-11)10-16;1-3-6(2)12(14)16-10-7-4-8-9(5-7)13(15)17-11(8)10/h11,18-19H,4-10H2,1-3H3;6-11,13,15H,3-5H2,1-2H3/t;6?,7?,8?,9?,10?,11?,13-/m.0/s1. The van der Waals surface area contributed by atoms with Crippen LogP contribution in [0, 0.1) is 35.0 Å². The van der Waals surface area contributed by atoms with Gasteiger partial charge >= 0.3 is 11.9 Å². The van der Waals surface area contributed by atoms with Crippen molar-refractivity contribution in [1.29, 1.82) is 0 Å². The zero-order valence-corrected chi connectivity index (χ0v) is 23.1. The van der Waals surface area contributed by atoms with E-state index in [1.807, 2.05) is 34.6 Å². The van der Waals surface area contributed by atoms with Gasteiger partial charge in [-0.15, -0.1) is 0 Å². The number of fused-ring (bicyclic) bond motifs is 1. The molecule has 37 heavy (non-hydrogen) atoms. The lowest BCUT2D eigenvalue weighted by molar-refractivity contribution is -0.264. The molecular weight excluding hydrogens is 476 g/mol. The molecule has 1 heterocycles. The van der Waals surface area contributed by atoms with Crippen LogP contribution in [0.15, 0.2) is 0 Å². The molecule has 8 unspecified atom stereocenters. The van der Waals surface area contributed by atoms with Crippen LogP contribution in [0.4, 0.5) is 0 Å². The zero-order chi connectivity index (χ0) is 27.0. The first-order chi connectivity index (χ1) is 17.2. The van der Waals surface area contributed by atoms with Gasteiger partial charge < -0.3 is 29.5 Å². The van der Waals surface area contributed by atoms with Crippen LogP contribution in [0.2, 0.25) is 0 Å². The quantitative estimate of drug-likeness (QED) is 0.453. The van der Waals surface area contributed by atoms with Gasteiger partial charge in [-0.05, 0) is 76.5 Å². The van der Waals surface area contributed by atoms with Crippen LogP contribution in [0.5, 0.6) is 0 Å². The Bertz CT molecular complexity index is 898. The summed E-state index contributed by atoms with van der Waals surface area (Å²) < 4.78 is 17.0. The lowest BCUT2D eigenvalue weighted by Gasteiger charge is -2.62. The number of carbonyl (C=O) groups excluding carboxylic acids is 2. The summed E-state index contributed by atoms with van der Waals surface area (Å²) in [6, 6.07) is 0. The molecule has 1 saturated heterocycles. The molecule has 0 amide bonds. The summed E-state index contributed by atoms with van der Waals surface area (Å²) in [4.78, 5) is 24.2. The van der Waals surface area contributed by atoms with E-state index in [0.29, 0.717) is 31.1 Å². The molecule has 6 aliphatic carbocycles. The second kappa shape index (κ2) is 9.17. The SMILES string of the molecule is CCC(C)(C)C(=O)OC12CC3CC(O)(CC(O)(C3)C1)C2.CCC(C)C(=O)OC1C2CC3C1O[C@H](O)C3C2. The van der Waals surface area contributed by atoms with E-state index in [2.05, 4.69) is 0 Å². The fraction of sp³-hybridized carbons (Fsp3) is 0.931. The number of ether oxygens (including phenoxy) is 3. The number of esters is 2. The molecule has 0 spiro atoms. The highest BCUT2D eigenvalue weighted by Gasteiger charge is 2.65. The second-order valence-electron chi connectivity index (χ2n) is 14.0. The van der Waals surface area contributed by atoms with Gasteiger partial charge in [0, 0.05) is 25.2 Å². The Morgan fingerprint density at radius 1 is 1.03 bits per heavy atom. The van der Waals surface area contributed by atoms with Crippen LogP contribution in [-0.4, -0.2) is 62.6 Å². The Labute approximate surface area is 220 Å². The molecule has 3 N–H and O–H groups in total. The van der Waals surface area contributed by atoms with Crippen LogP contribution in [0.1, 0.15) is 98.8 Å². The third kappa shape index (κ3) is 4.85. The van der Waals surface area contributed by atoms with E-state index in [-0.39, 0.29) is 41.9 Å². The maximum absolute atomic E-state index is 12.4. The molecule has 0 aromatic carbocycles. The van der Waals surface area contributed by atoms with E-state index in [4.69, 9.17) is 14.2 Å². The van der Waals surface area contributed by atoms with Gasteiger partial charge in [0.25, 0.3) is 0 Å². The Kier molecular flexibility index (Phi) is 6.78. The average Bonchev–Trinajstić information content (AvgIpc) is 3.41. The smallest absolute Gasteiger partial charge is 0.312 e. The summed E-state index contributed by atoms with van der Waals surface area (Å²) in [5.74, 6) is 1.00. The number of rotatable bonds is 6. The highest BCUT2D eigenvalue weighted by molar-refractivity contribution is 5.76. The number of aliphatic hydroxyl groups excluding tert-OH is 1. The monoisotopic (exact) mass is 522 g/mol. The first kappa shape index (κ1) is 27.4. The average molecular weight is 523 g/mol. The molecule has 8 nitrogen and oxygen atoms in total. The minimum atomic E-state index is -0.842. The van der Waals surface area contributed by atoms with Gasteiger partial charge in [0.2, 0.25) is 0 Å². The van der Waals surface area contributed by atoms with Crippen molar-refractivity contribution in [1.82, 2.24) is 0 Å². The van der Waals surface area contributed by atoms with Gasteiger partial charge in [-0.1, -0.05) is 20.8 Å². The van der Waals surface area contributed by atoms with Crippen molar-refractivity contribution < 1.29 is 39.1 Å². The van der Waals surface area contributed by atoms with Crippen molar-refractivity contribution in [2.45, 2.75) is 134 Å². The normalized spacial score (nSPS) is 47.4. The minimum absolute atomic E-state index is 0.0451. The topological polar surface area (TPSA) is 123 Å². The van der Waals surface area contributed by atoms with Crippen molar-refractivity contribution >= 4 is 11.9 Å². The van der Waals surface area contributed by atoms with Crippen LogP contribution >= 0.6 is 0 Å². The molecule has 8 heteroatoms. The molecule has 0 aromatic heterocycles. The molecule has 0 radical (unpaired) electrons. The molecule has 7 rings (SSSR count). The Hall–Kier alpha value is -1.22. The first-order valence-electron chi connectivity index (χ1n) is 14.4. The van der Waals surface area contributed by atoms with E-state index >= 15 is 0 Å². The van der Waals surface area contributed by atoms with Gasteiger partial charge in [0.15, 0.2) is 6.29 Å². The van der Waals surface area contributed by atoms with Gasteiger partial charge in [-0.25, -0.2) is 0 Å². The van der Waals surface area contributed by atoms with Crippen molar-refractivity contribution in [2.24, 2.45) is 35.0 Å². The van der Waals surface area contributed by atoms with Gasteiger partial charge in [0.1, 0.15) is 17.8 Å². The van der Waals surface area contributed by atoms with Gasteiger partial charge in [-0.3, -0.25) is 9.59 Å². The highest BCUT2D eigenvalue weighted by Crippen LogP contribution is 2.61.